The van der Waals surface area contributed by atoms with Crippen LogP contribution in [0.3, 0.4) is 0 Å². The fourth-order valence-electron chi connectivity index (χ4n) is 5.14. The minimum atomic E-state index is 0. The van der Waals surface area contributed by atoms with Crippen molar-refractivity contribution in [2.75, 3.05) is 0 Å². The molecule has 0 N–H and O–H groups in total. The fraction of sp³-hybridized carbons (Fsp3) is 0.600. The third-order valence-electron chi connectivity index (χ3n) is 6.05. The Labute approximate surface area is 193 Å². The molecule has 0 radical (unpaired) electrons. The predicted molar refractivity (Wildman–Crippen MR) is 143 cm³/mol. The normalized spacial score (nSPS) is 11.7. The molecular formula is C30H49N. The average Bonchev–Trinajstić information content (AvgIpc) is 2.96. The second-order valence-corrected chi connectivity index (χ2v) is 10.7. The first-order valence-electron chi connectivity index (χ1n) is 12.1. The van der Waals surface area contributed by atoms with Gasteiger partial charge in [-0.3, -0.25) is 0 Å². The SMILES string of the molecule is C.CC(C)CC(C)CC(C)C.Cc1c(C(C)C)ccc2c3ccccc3n(C(C)C)c12. The summed E-state index contributed by atoms with van der Waals surface area (Å²) in [5.41, 5.74) is 5.65. The van der Waals surface area contributed by atoms with Crippen LogP contribution in [-0.2, 0) is 0 Å². The number of fused-ring (bicyclic) bond motifs is 3. The lowest BCUT2D eigenvalue weighted by Gasteiger charge is -2.16. The van der Waals surface area contributed by atoms with E-state index in [1.807, 2.05) is 0 Å². The topological polar surface area (TPSA) is 4.93 Å². The molecule has 3 rings (SSSR count). The van der Waals surface area contributed by atoms with Crippen LogP contribution in [0.2, 0.25) is 0 Å². The molecule has 3 aromatic rings. The van der Waals surface area contributed by atoms with E-state index >= 15 is 0 Å². The maximum Gasteiger partial charge on any atom is 0.0526 e. The van der Waals surface area contributed by atoms with Crippen molar-refractivity contribution in [2.45, 2.75) is 101 Å². The molecule has 0 unspecified atom stereocenters. The van der Waals surface area contributed by atoms with Gasteiger partial charge in [0.2, 0.25) is 0 Å². The number of hydrogen-bond acceptors (Lipinski definition) is 0. The lowest BCUT2D eigenvalue weighted by Crippen LogP contribution is -2.03. The summed E-state index contributed by atoms with van der Waals surface area (Å²) in [5, 5.41) is 2.76. The standard InChI is InChI=1S/C19H23N.C10H22.CH4/c1-12(2)15-10-11-17-16-8-6-7-9-18(16)20(13(3)4)19(17)14(15)5;1-8(2)6-10(5)7-9(3)4;/h6-13H,1-5H3;8-10H,6-7H2,1-5H3;1H4. The Balaban J connectivity index is 0.000000376. The van der Waals surface area contributed by atoms with Crippen molar-refractivity contribution >= 4 is 21.8 Å². The summed E-state index contributed by atoms with van der Waals surface area (Å²) in [6, 6.07) is 13.8. The molecule has 0 amide bonds. The van der Waals surface area contributed by atoms with Crippen LogP contribution in [0.25, 0.3) is 21.8 Å². The van der Waals surface area contributed by atoms with E-state index in [0.29, 0.717) is 12.0 Å². The van der Waals surface area contributed by atoms with Gasteiger partial charge in [0.1, 0.15) is 0 Å². The zero-order chi connectivity index (χ0) is 22.6. The van der Waals surface area contributed by atoms with Gasteiger partial charge in [-0.1, -0.05) is 86.2 Å². The highest BCUT2D eigenvalue weighted by Crippen LogP contribution is 2.36. The van der Waals surface area contributed by atoms with E-state index in [2.05, 4.69) is 110 Å². The smallest absolute Gasteiger partial charge is 0.0526 e. The number of aryl methyl sites for hydroxylation is 1. The molecule has 0 saturated heterocycles. The lowest BCUT2D eigenvalue weighted by molar-refractivity contribution is 0.368. The molecule has 0 aliphatic rings. The Hall–Kier alpha value is -1.76. The second-order valence-electron chi connectivity index (χ2n) is 10.7. The van der Waals surface area contributed by atoms with Crippen LogP contribution in [0.1, 0.15) is 106 Å². The van der Waals surface area contributed by atoms with E-state index in [0.717, 1.165) is 17.8 Å². The van der Waals surface area contributed by atoms with Gasteiger partial charge in [0.05, 0.1) is 5.52 Å². The van der Waals surface area contributed by atoms with Gasteiger partial charge in [0.25, 0.3) is 0 Å². The van der Waals surface area contributed by atoms with Gasteiger partial charge in [-0.05, 0) is 74.5 Å². The summed E-state index contributed by atoms with van der Waals surface area (Å²) in [4.78, 5) is 0. The molecule has 0 fully saturated rings. The highest BCUT2D eigenvalue weighted by atomic mass is 15.0. The molecule has 0 bridgehead atoms. The first kappa shape index (κ1) is 27.3. The molecule has 0 atom stereocenters. The summed E-state index contributed by atoms with van der Waals surface area (Å²) in [7, 11) is 0. The predicted octanol–water partition coefficient (Wildman–Crippen LogP) is 10.2. The maximum atomic E-state index is 2.49. The molecule has 2 aromatic carbocycles. The third-order valence-corrected chi connectivity index (χ3v) is 6.05. The van der Waals surface area contributed by atoms with Crippen LogP contribution in [0.4, 0.5) is 0 Å². The summed E-state index contributed by atoms with van der Waals surface area (Å²) < 4.78 is 2.49. The molecule has 1 heterocycles. The Bertz CT molecular complexity index is 930. The van der Waals surface area contributed by atoms with Gasteiger partial charge < -0.3 is 4.57 Å². The molecule has 1 aromatic heterocycles. The van der Waals surface area contributed by atoms with Crippen LogP contribution in [0, 0.1) is 24.7 Å². The highest BCUT2D eigenvalue weighted by Gasteiger charge is 2.16. The van der Waals surface area contributed by atoms with Crippen molar-refractivity contribution in [3.63, 3.8) is 0 Å². The van der Waals surface area contributed by atoms with Crippen LogP contribution >= 0.6 is 0 Å². The second kappa shape index (κ2) is 11.7. The fourth-order valence-corrected chi connectivity index (χ4v) is 5.14. The number of rotatable bonds is 6. The quantitative estimate of drug-likeness (QED) is 0.371. The van der Waals surface area contributed by atoms with Crippen molar-refractivity contribution in [2.24, 2.45) is 17.8 Å². The van der Waals surface area contributed by atoms with Crippen molar-refractivity contribution in [3.8, 4) is 0 Å². The summed E-state index contributed by atoms with van der Waals surface area (Å²) in [6.45, 7) is 22.9. The minimum absolute atomic E-state index is 0. The first-order chi connectivity index (χ1) is 14.0. The van der Waals surface area contributed by atoms with Crippen LogP contribution < -0.4 is 0 Å². The molecule has 1 nitrogen and oxygen atoms in total. The maximum absolute atomic E-state index is 2.49. The van der Waals surface area contributed by atoms with Gasteiger partial charge in [-0.15, -0.1) is 0 Å². The zero-order valence-electron chi connectivity index (χ0n) is 21.2. The molecule has 0 aliphatic carbocycles. The highest BCUT2D eigenvalue weighted by molar-refractivity contribution is 6.09. The first-order valence-corrected chi connectivity index (χ1v) is 12.1. The number of para-hydroxylation sites is 1. The van der Waals surface area contributed by atoms with E-state index in [4.69, 9.17) is 0 Å². The van der Waals surface area contributed by atoms with Crippen molar-refractivity contribution < 1.29 is 0 Å². The lowest BCUT2D eigenvalue weighted by atomic mass is 9.91. The molecule has 0 aliphatic heterocycles. The van der Waals surface area contributed by atoms with Gasteiger partial charge in [-0.25, -0.2) is 0 Å². The number of benzene rings is 2. The van der Waals surface area contributed by atoms with Crippen LogP contribution in [0.15, 0.2) is 36.4 Å². The third kappa shape index (κ3) is 6.61. The van der Waals surface area contributed by atoms with Gasteiger partial charge in [0.15, 0.2) is 0 Å². The molecule has 0 saturated carbocycles. The van der Waals surface area contributed by atoms with Crippen LogP contribution in [-0.4, -0.2) is 4.57 Å². The van der Waals surface area contributed by atoms with Crippen molar-refractivity contribution in [1.29, 1.82) is 0 Å². The van der Waals surface area contributed by atoms with Crippen molar-refractivity contribution in [3.05, 3.63) is 47.5 Å². The Morgan fingerprint density at radius 1 is 0.710 bits per heavy atom. The van der Waals surface area contributed by atoms with E-state index in [-0.39, 0.29) is 7.43 Å². The Kier molecular flexibility index (Phi) is 10.3. The van der Waals surface area contributed by atoms with E-state index in [1.165, 1.54) is 45.8 Å². The van der Waals surface area contributed by atoms with Crippen molar-refractivity contribution in [1.82, 2.24) is 4.57 Å². The summed E-state index contributed by atoms with van der Waals surface area (Å²) in [5.74, 6) is 3.22. The number of nitrogens with zero attached hydrogens (tertiary/aromatic N) is 1. The largest absolute Gasteiger partial charge is 0.338 e. The molecular weight excluding hydrogens is 374 g/mol. The molecule has 174 valence electrons. The van der Waals surface area contributed by atoms with Gasteiger partial charge >= 0.3 is 0 Å². The van der Waals surface area contributed by atoms with Crippen LogP contribution in [0.5, 0.6) is 0 Å². The van der Waals surface area contributed by atoms with E-state index in [1.54, 1.807) is 0 Å². The average molecular weight is 424 g/mol. The summed E-state index contributed by atoms with van der Waals surface area (Å²) >= 11 is 0. The molecule has 1 heteroatoms. The Morgan fingerprint density at radius 3 is 1.74 bits per heavy atom. The number of hydrogen-bond donors (Lipinski definition) is 0. The Morgan fingerprint density at radius 2 is 1.26 bits per heavy atom. The minimum Gasteiger partial charge on any atom is -0.338 e. The zero-order valence-corrected chi connectivity index (χ0v) is 21.2. The van der Waals surface area contributed by atoms with Gasteiger partial charge in [0, 0.05) is 22.3 Å². The summed E-state index contributed by atoms with van der Waals surface area (Å²) in [6.07, 6.45) is 2.77. The van der Waals surface area contributed by atoms with Gasteiger partial charge in [-0.2, -0.15) is 0 Å². The van der Waals surface area contributed by atoms with E-state index < -0.39 is 0 Å². The molecule has 0 spiro atoms. The molecule has 31 heavy (non-hydrogen) atoms. The van der Waals surface area contributed by atoms with E-state index in [9.17, 15) is 0 Å². The monoisotopic (exact) mass is 423 g/mol. The number of aromatic nitrogens is 1.